The van der Waals surface area contributed by atoms with Gasteiger partial charge in [0.1, 0.15) is 0 Å². The van der Waals surface area contributed by atoms with Crippen molar-refractivity contribution in [3.63, 3.8) is 0 Å². The molecule has 0 saturated carbocycles. The average Bonchev–Trinajstić information content (AvgIpc) is 2.29. The van der Waals surface area contributed by atoms with Gasteiger partial charge >= 0.3 is 0 Å². The van der Waals surface area contributed by atoms with E-state index >= 15 is 0 Å². The fraction of sp³-hybridized carbons (Fsp3) is 0.0714. The summed E-state index contributed by atoms with van der Waals surface area (Å²) >= 11 is 6.30. The van der Waals surface area contributed by atoms with E-state index in [2.05, 4.69) is 0 Å². The van der Waals surface area contributed by atoms with Crippen LogP contribution in [0, 0.1) is 0 Å². The maximum Gasteiger partial charge on any atom is 0.168 e. The summed E-state index contributed by atoms with van der Waals surface area (Å²) in [6, 6.07) is 9.88. The molecule has 3 rings (SSSR count). The molecule has 78 valence electrons. The maximum atomic E-state index is 11.8. The molecule has 2 heteroatoms. The monoisotopic (exact) mass is 228 g/mol. The summed E-state index contributed by atoms with van der Waals surface area (Å²) < 4.78 is 0. The lowest BCUT2D eigenvalue weighted by atomic mass is 9.93. The topological polar surface area (TPSA) is 17.1 Å². The standard InChI is InChI=1S/C14H9ClO/c15-14-11-6-2-1-4-9(11)8-10-5-3-7-12(16)13(10)14/h1-6,8H,7H2. The summed E-state index contributed by atoms with van der Waals surface area (Å²) in [6.07, 6.45) is 4.30. The predicted octanol–water partition coefficient (Wildman–Crippen LogP) is 4.09. The summed E-state index contributed by atoms with van der Waals surface area (Å²) in [5, 5.41) is 2.61. The van der Waals surface area contributed by atoms with Gasteiger partial charge in [0.15, 0.2) is 5.78 Å². The summed E-state index contributed by atoms with van der Waals surface area (Å²) in [5.74, 6) is 0.105. The van der Waals surface area contributed by atoms with Crippen molar-refractivity contribution in [3.8, 4) is 0 Å². The second kappa shape index (κ2) is 3.46. The molecule has 0 fully saturated rings. The average molecular weight is 229 g/mol. The maximum absolute atomic E-state index is 11.8. The van der Waals surface area contributed by atoms with Crippen LogP contribution in [0.3, 0.4) is 0 Å². The quantitative estimate of drug-likeness (QED) is 0.664. The Hall–Kier alpha value is -1.60. The second-order valence-electron chi connectivity index (χ2n) is 3.91. The molecule has 0 radical (unpaired) electrons. The van der Waals surface area contributed by atoms with Crippen molar-refractivity contribution in [2.45, 2.75) is 6.42 Å². The third-order valence-electron chi connectivity index (χ3n) is 2.90. The molecule has 0 spiro atoms. The Morgan fingerprint density at radius 3 is 2.88 bits per heavy atom. The Kier molecular flexibility index (Phi) is 2.08. The smallest absolute Gasteiger partial charge is 0.168 e. The van der Waals surface area contributed by atoms with E-state index in [0.29, 0.717) is 17.0 Å². The molecule has 1 aliphatic carbocycles. The number of Topliss-reactive ketones (excluding diaryl/α,β-unsaturated/α-hetero) is 1. The molecule has 16 heavy (non-hydrogen) atoms. The number of hydrogen-bond donors (Lipinski definition) is 0. The van der Waals surface area contributed by atoms with Crippen LogP contribution in [0.4, 0.5) is 0 Å². The van der Waals surface area contributed by atoms with E-state index in [1.807, 2.05) is 42.5 Å². The van der Waals surface area contributed by atoms with Crippen molar-refractivity contribution in [1.29, 1.82) is 0 Å². The summed E-state index contributed by atoms with van der Waals surface area (Å²) in [4.78, 5) is 11.8. The lowest BCUT2D eigenvalue weighted by Crippen LogP contribution is -2.05. The number of halogens is 1. The van der Waals surface area contributed by atoms with Crippen LogP contribution < -0.4 is 0 Å². The highest BCUT2D eigenvalue weighted by Gasteiger charge is 2.18. The van der Waals surface area contributed by atoms with Gasteiger partial charge in [0, 0.05) is 17.4 Å². The fourth-order valence-corrected chi connectivity index (χ4v) is 2.52. The van der Waals surface area contributed by atoms with Crippen molar-refractivity contribution >= 4 is 34.2 Å². The van der Waals surface area contributed by atoms with E-state index in [0.717, 1.165) is 16.3 Å². The highest BCUT2D eigenvalue weighted by Crippen LogP contribution is 2.33. The minimum atomic E-state index is 0.105. The molecule has 0 unspecified atom stereocenters. The van der Waals surface area contributed by atoms with Gasteiger partial charge in [0.2, 0.25) is 0 Å². The van der Waals surface area contributed by atoms with Gasteiger partial charge in [-0.15, -0.1) is 0 Å². The van der Waals surface area contributed by atoms with Gasteiger partial charge < -0.3 is 0 Å². The molecule has 2 aromatic carbocycles. The van der Waals surface area contributed by atoms with Crippen LogP contribution >= 0.6 is 11.6 Å². The Morgan fingerprint density at radius 1 is 1.19 bits per heavy atom. The fourth-order valence-electron chi connectivity index (χ4n) is 2.13. The van der Waals surface area contributed by atoms with Crippen LogP contribution in [-0.2, 0) is 0 Å². The van der Waals surface area contributed by atoms with Crippen molar-refractivity contribution in [2.24, 2.45) is 0 Å². The Bertz CT molecular complexity index is 626. The number of benzene rings is 2. The van der Waals surface area contributed by atoms with Crippen LogP contribution in [0.5, 0.6) is 0 Å². The van der Waals surface area contributed by atoms with E-state index < -0.39 is 0 Å². The minimum absolute atomic E-state index is 0.105. The predicted molar refractivity (Wildman–Crippen MR) is 66.9 cm³/mol. The first-order chi connectivity index (χ1) is 7.77. The first kappa shape index (κ1) is 9.61. The molecule has 0 N–H and O–H groups in total. The molecule has 2 aromatic rings. The number of rotatable bonds is 0. The lowest BCUT2D eigenvalue weighted by molar-refractivity contribution is 0.0995. The van der Waals surface area contributed by atoms with Crippen LogP contribution in [0.15, 0.2) is 36.4 Å². The van der Waals surface area contributed by atoms with Crippen molar-refractivity contribution in [2.75, 3.05) is 0 Å². The van der Waals surface area contributed by atoms with Gasteiger partial charge in [-0.25, -0.2) is 0 Å². The van der Waals surface area contributed by atoms with E-state index in [9.17, 15) is 4.79 Å². The van der Waals surface area contributed by atoms with Crippen molar-refractivity contribution in [3.05, 3.63) is 52.6 Å². The summed E-state index contributed by atoms with van der Waals surface area (Å²) in [7, 11) is 0. The van der Waals surface area contributed by atoms with E-state index in [4.69, 9.17) is 11.6 Å². The van der Waals surface area contributed by atoms with Gasteiger partial charge in [-0.05, 0) is 17.0 Å². The van der Waals surface area contributed by atoms with E-state index in [-0.39, 0.29) is 5.78 Å². The number of hydrogen-bond acceptors (Lipinski definition) is 1. The Morgan fingerprint density at radius 2 is 2.00 bits per heavy atom. The lowest BCUT2D eigenvalue weighted by Gasteiger charge is -2.13. The molecule has 1 nitrogen and oxygen atoms in total. The zero-order valence-electron chi connectivity index (χ0n) is 8.53. The highest BCUT2D eigenvalue weighted by molar-refractivity contribution is 6.39. The normalized spacial score (nSPS) is 14.2. The number of fused-ring (bicyclic) bond motifs is 2. The van der Waals surface area contributed by atoms with Crippen LogP contribution in [-0.4, -0.2) is 5.78 Å². The number of carbonyl (C=O) groups is 1. The van der Waals surface area contributed by atoms with Crippen LogP contribution in [0.25, 0.3) is 16.8 Å². The van der Waals surface area contributed by atoms with Gasteiger partial charge in [0.05, 0.1) is 5.02 Å². The van der Waals surface area contributed by atoms with Crippen molar-refractivity contribution in [1.82, 2.24) is 0 Å². The minimum Gasteiger partial charge on any atom is -0.294 e. The molecule has 0 heterocycles. The molecule has 0 aromatic heterocycles. The molecule has 0 bridgehead atoms. The zero-order valence-corrected chi connectivity index (χ0v) is 9.29. The number of carbonyl (C=O) groups excluding carboxylic acids is 1. The molecular formula is C14H9ClO. The second-order valence-corrected chi connectivity index (χ2v) is 4.28. The summed E-state index contributed by atoms with van der Waals surface area (Å²) in [5.41, 5.74) is 1.60. The summed E-state index contributed by atoms with van der Waals surface area (Å²) in [6.45, 7) is 0. The molecule has 0 aliphatic heterocycles. The first-order valence-corrected chi connectivity index (χ1v) is 5.56. The molecule has 0 atom stereocenters. The van der Waals surface area contributed by atoms with Crippen LogP contribution in [0.2, 0.25) is 5.02 Å². The zero-order chi connectivity index (χ0) is 11.1. The Labute approximate surface area is 98.3 Å². The first-order valence-electron chi connectivity index (χ1n) is 5.18. The third-order valence-corrected chi connectivity index (χ3v) is 3.29. The molecule has 0 saturated heterocycles. The van der Waals surface area contributed by atoms with Gasteiger partial charge in [-0.3, -0.25) is 4.79 Å². The van der Waals surface area contributed by atoms with Crippen molar-refractivity contribution < 1.29 is 4.79 Å². The molecule has 0 amide bonds. The van der Waals surface area contributed by atoms with Gasteiger partial charge in [-0.2, -0.15) is 0 Å². The molecular weight excluding hydrogens is 220 g/mol. The largest absolute Gasteiger partial charge is 0.294 e. The number of allylic oxidation sites excluding steroid dienone is 1. The number of ketones is 1. The SMILES string of the molecule is O=C1CC=Cc2cc3ccccc3c(Cl)c21. The Balaban J connectivity index is 2.46. The molecule has 1 aliphatic rings. The van der Waals surface area contributed by atoms with E-state index in [1.165, 1.54) is 0 Å². The highest BCUT2D eigenvalue weighted by atomic mass is 35.5. The van der Waals surface area contributed by atoms with Gasteiger partial charge in [-0.1, -0.05) is 48.0 Å². The van der Waals surface area contributed by atoms with Gasteiger partial charge in [0.25, 0.3) is 0 Å². The third kappa shape index (κ3) is 1.29. The van der Waals surface area contributed by atoms with Crippen LogP contribution in [0.1, 0.15) is 22.3 Å². The van der Waals surface area contributed by atoms with E-state index in [1.54, 1.807) is 0 Å².